The molecule has 2 aromatic heterocycles. The first-order valence-electron chi connectivity index (χ1n) is 6.46. The van der Waals surface area contributed by atoms with E-state index < -0.39 is 0 Å². The van der Waals surface area contributed by atoms with Crippen LogP contribution in [0.2, 0.25) is 5.02 Å². The first-order chi connectivity index (χ1) is 9.70. The normalized spacial score (nSPS) is 12.9. The second kappa shape index (κ2) is 5.51. The van der Waals surface area contributed by atoms with E-state index in [2.05, 4.69) is 16.5 Å². The van der Waals surface area contributed by atoms with Gasteiger partial charge in [0.05, 0.1) is 23.3 Å². The maximum atomic E-state index is 6.04. The van der Waals surface area contributed by atoms with E-state index in [1.165, 1.54) is 0 Å². The lowest BCUT2D eigenvalue weighted by atomic mass is 10.2. The zero-order valence-corrected chi connectivity index (χ0v) is 12.5. The minimum atomic E-state index is 0.0643. The van der Waals surface area contributed by atoms with Gasteiger partial charge in [0.2, 0.25) is 0 Å². The van der Waals surface area contributed by atoms with Crippen LogP contribution < -0.4 is 0 Å². The van der Waals surface area contributed by atoms with Crippen molar-refractivity contribution in [3.05, 3.63) is 53.2 Å². The number of hydrogen-bond acceptors (Lipinski definition) is 2. The Kier molecular flexibility index (Phi) is 3.72. The van der Waals surface area contributed by atoms with Gasteiger partial charge in [0.25, 0.3) is 0 Å². The summed E-state index contributed by atoms with van der Waals surface area (Å²) in [6.45, 7) is 2.09. The fourth-order valence-electron chi connectivity index (χ4n) is 2.47. The number of halogens is 2. The molecule has 3 rings (SSSR count). The lowest BCUT2D eigenvalue weighted by Gasteiger charge is -2.15. The van der Waals surface area contributed by atoms with Crippen LogP contribution in [0.1, 0.15) is 24.6 Å². The molecule has 0 radical (unpaired) electrons. The first-order valence-corrected chi connectivity index (χ1v) is 7.37. The third-order valence-electron chi connectivity index (χ3n) is 3.38. The number of aryl methyl sites for hydroxylation is 1. The maximum Gasteiger partial charge on any atom is 0.126 e. The van der Waals surface area contributed by atoms with Crippen LogP contribution in [0.15, 0.2) is 41.0 Å². The van der Waals surface area contributed by atoms with Gasteiger partial charge in [-0.1, -0.05) is 11.6 Å². The molecule has 0 aliphatic rings. The third-order valence-corrected chi connectivity index (χ3v) is 3.81. The molecule has 1 unspecified atom stereocenters. The van der Waals surface area contributed by atoms with E-state index in [1.54, 1.807) is 6.26 Å². The highest BCUT2D eigenvalue weighted by molar-refractivity contribution is 6.31. The Morgan fingerprint density at radius 3 is 2.90 bits per heavy atom. The zero-order chi connectivity index (χ0) is 14.1. The Labute approximate surface area is 127 Å². The van der Waals surface area contributed by atoms with Gasteiger partial charge >= 0.3 is 0 Å². The molecule has 104 valence electrons. The fraction of sp³-hybridized carbons (Fsp3) is 0.267. The van der Waals surface area contributed by atoms with Crippen LogP contribution >= 0.6 is 23.2 Å². The molecule has 0 saturated heterocycles. The predicted octanol–water partition coefficient (Wildman–Crippen LogP) is 4.67. The van der Waals surface area contributed by atoms with Gasteiger partial charge in [0, 0.05) is 17.3 Å². The quantitative estimate of drug-likeness (QED) is 0.656. The van der Waals surface area contributed by atoms with Gasteiger partial charge in [-0.25, -0.2) is 4.98 Å². The van der Waals surface area contributed by atoms with Crippen molar-refractivity contribution in [2.45, 2.75) is 19.4 Å². The largest absolute Gasteiger partial charge is 0.467 e. The Morgan fingerprint density at radius 1 is 1.35 bits per heavy atom. The van der Waals surface area contributed by atoms with Gasteiger partial charge in [0.15, 0.2) is 0 Å². The number of imidazole rings is 1. The topological polar surface area (TPSA) is 31.0 Å². The molecular formula is C15H14Cl2N2O. The van der Waals surface area contributed by atoms with E-state index in [0.29, 0.717) is 17.3 Å². The summed E-state index contributed by atoms with van der Waals surface area (Å²) < 4.78 is 7.68. The molecule has 5 heteroatoms. The van der Waals surface area contributed by atoms with Crippen molar-refractivity contribution in [3.8, 4) is 0 Å². The van der Waals surface area contributed by atoms with E-state index in [9.17, 15) is 0 Å². The number of hydrogen-bond donors (Lipinski definition) is 0. The molecular weight excluding hydrogens is 295 g/mol. The van der Waals surface area contributed by atoms with E-state index in [4.69, 9.17) is 27.6 Å². The molecule has 0 N–H and O–H groups in total. The first kappa shape index (κ1) is 13.5. The molecule has 2 heterocycles. The van der Waals surface area contributed by atoms with Crippen LogP contribution in [0.3, 0.4) is 0 Å². The molecule has 0 fully saturated rings. The summed E-state index contributed by atoms with van der Waals surface area (Å²) in [4.78, 5) is 4.65. The van der Waals surface area contributed by atoms with Gasteiger partial charge < -0.3 is 8.98 Å². The Bertz CT molecular complexity index is 719. The van der Waals surface area contributed by atoms with E-state index in [0.717, 1.165) is 22.6 Å². The summed E-state index contributed by atoms with van der Waals surface area (Å²) in [6, 6.07) is 9.66. The average molecular weight is 309 g/mol. The lowest BCUT2D eigenvalue weighted by Crippen LogP contribution is -2.10. The molecule has 1 atom stereocenters. The van der Waals surface area contributed by atoms with Gasteiger partial charge in [-0.05, 0) is 37.3 Å². The smallest absolute Gasteiger partial charge is 0.126 e. The van der Waals surface area contributed by atoms with E-state index in [1.807, 2.05) is 30.3 Å². The van der Waals surface area contributed by atoms with Crippen LogP contribution in [0, 0.1) is 0 Å². The van der Waals surface area contributed by atoms with E-state index >= 15 is 0 Å². The standard InChI is InChI=1S/C15H14Cl2N2O/c1-10(14-3-2-8-20-14)19-13-5-4-11(17)9-12(13)18-15(19)6-7-16/h2-5,8-10H,6-7H2,1H3. The van der Waals surface area contributed by atoms with Crippen molar-refractivity contribution in [1.82, 2.24) is 9.55 Å². The van der Waals surface area contributed by atoms with Gasteiger partial charge in [0.1, 0.15) is 11.6 Å². The minimum absolute atomic E-state index is 0.0643. The highest BCUT2D eigenvalue weighted by Crippen LogP contribution is 2.28. The molecule has 0 aliphatic heterocycles. The zero-order valence-electron chi connectivity index (χ0n) is 11.0. The molecule has 0 aliphatic carbocycles. The summed E-state index contributed by atoms with van der Waals surface area (Å²) >= 11 is 11.9. The SMILES string of the molecule is CC(c1ccco1)n1c(CCCl)nc2cc(Cl)ccc21. The Morgan fingerprint density at radius 2 is 2.20 bits per heavy atom. The number of furan rings is 1. The summed E-state index contributed by atoms with van der Waals surface area (Å²) in [5.74, 6) is 2.37. The number of nitrogens with zero attached hydrogens (tertiary/aromatic N) is 2. The van der Waals surface area contributed by atoms with Crippen LogP contribution in [0.5, 0.6) is 0 Å². The van der Waals surface area contributed by atoms with Crippen molar-refractivity contribution in [1.29, 1.82) is 0 Å². The van der Waals surface area contributed by atoms with Crippen molar-refractivity contribution < 1.29 is 4.42 Å². The van der Waals surface area contributed by atoms with Gasteiger partial charge in [-0.3, -0.25) is 0 Å². The lowest BCUT2D eigenvalue weighted by molar-refractivity contribution is 0.445. The highest BCUT2D eigenvalue weighted by atomic mass is 35.5. The number of rotatable bonds is 4. The minimum Gasteiger partial charge on any atom is -0.467 e. The fourth-order valence-corrected chi connectivity index (χ4v) is 2.81. The molecule has 3 aromatic rings. The molecule has 20 heavy (non-hydrogen) atoms. The number of aromatic nitrogens is 2. The van der Waals surface area contributed by atoms with Crippen LogP contribution in [-0.4, -0.2) is 15.4 Å². The predicted molar refractivity (Wildman–Crippen MR) is 81.7 cm³/mol. The number of alkyl halides is 1. The number of fused-ring (bicyclic) bond motifs is 1. The van der Waals surface area contributed by atoms with Crippen molar-refractivity contribution in [2.75, 3.05) is 5.88 Å². The molecule has 1 aromatic carbocycles. The monoisotopic (exact) mass is 308 g/mol. The summed E-state index contributed by atoms with van der Waals surface area (Å²) in [7, 11) is 0. The Hall–Kier alpha value is -1.45. The number of benzene rings is 1. The van der Waals surface area contributed by atoms with Crippen LogP contribution in [0.25, 0.3) is 11.0 Å². The van der Waals surface area contributed by atoms with Crippen molar-refractivity contribution >= 4 is 34.2 Å². The van der Waals surface area contributed by atoms with Crippen molar-refractivity contribution in [2.24, 2.45) is 0 Å². The Balaban J connectivity index is 2.18. The molecule has 0 spiro atoms. The maximum absolute atomic E-state index is 6.04. The van der Waals surface area contributed by atoms with Crippen LogP contribution in [-0.2, 0) is 6.42 Å². The van der Waals surface area contributed by atoms with E-state index in [-0.39, 0.29) is 6.04 Å². The van der Waals surface area contributed by atoms with Crippen molar-refractivity contribution in [3.63, 3.8) is 0 Å². The van der Waals surface area contributed by atoms with Gasteiger partial charge in [-0.15, -0.1) is 11.6 Å². The molecule has 0 saturated carbocycles. The average Bonchev–Trinajstić information content (AvgIpc) is 3.05. The van der Waals surface area contributed by atoms with Gasteiger partial charge in [-0.2, -0.15) is 0 Å². The second-order valence-corrected chi connectivity index (χ2v) is 5.48. The summed E-state index contributed by atoms with van der Waals surface area (Å²) in [5, 5.41) is 0.685. The highest BCUT2D eigenvalue weighted by Gasteiger charge is 2.18. The summed E-state index contributed by atoms with van der Waals surface area (Å²) in [6.07, 6.45) is 2.39. The second-order valence-electron chi connectivity index (χ2n) is 4.66. The molecule has 0 bridgehead atoms. The third kappa shape index (κ3) is 2.32. The summed E-state index contributed by atoms with van der Waals surface area (Å²) in [5.41, 5.74) is 1.93. The molecule has 3 nitrogen and oxygen atoms in total. The van der Waals surface area contributed by atoms with Crippen LogP contribution in [0.4, 0.5) is 0 Å². The molecule has 0 amide bonds.